The highest BCUT2D eigenvalue weighted by molar-refractivity contribution is 7.60. The molecule has 0 aliphatic rings. The van der Waals surface area contributed by atoms with Crippen molar-refractivity contribution in [3.63, 3.8) is 0 Å². The van der Waals surface area contributed by atoms with Crippen molar-refractivity contribution in [1.82, 2.24) is 0 Å². The summed E-state index contributed by atoms with van der Waals surface area (Å²) < 4.78 is 11.4. The first-order valence-electron chi connectivity index (χ1n) is 4.75. The van der Waals surface area contributed by atoms with E-state index in [4.69, 9.17) is 5.73 Å². The Bertz CT molecular complexity index is 603. The van der Waals surface area contributed by atoms with Crippen LogP contribution >= 0.6 is 7.60 Å². The Hall–Kier alpha value is -1.35. The molecule has 4 nitrogen and oxygen atoms in total. The number of anilines is 1. The van der Waals surface area contributed by atoms with Crippen LogP contribution in [0, 0.1) is 6.92 Å². The van der Waals surface area contributed by atoms with Gasteiger partial charge in [0.2, 0.25) is 0 Å². The second-order valence-electron chi connectivity index (χ2n) is 3.72. The minimum Gasteiger partial charge on any atom is -0.398 e. The molecule has 2 aromatic carbocycles. The maximum absolute atomic E-state index is 11.4. The zero-order chi connectivity index (χ0) is 11.9. The van der Waals surface area contributed by atoms with E-state index in [2.05, 4.69) is 0 Å². The zero-order valence-electron chi connectivity index (χ0n) is 8.71. The van der Waals surface area contributed by atoms with Crippen molar-refractivity contribution in [3.8, 4) is 0 Å². The predicted molar refractivity (Wildman–Crippen MR) is 64.8 cm³/mol. The highest BCUT2D eigenvalue weighted by Crippen LogP contribution is 2.38. The van der Waals surface area contributed by atoms with E-state index in [9.17, 15) is 14.4 Å². The lowest BCUT2D eigenvalue weighted by Crippen LogP contribution is -2.07. The number of hydrogen-bond acceptors (Lipinski definition) is 2. The summed E-state index contributed by atoms with van der Waals surface area (Å²) in [5.41, 5.74) is 7.12. The lowest BCUT2D eigenvalue weighted by atomic mass is 10.0. The molecule has 4 N–H and O–H groups in total. The lowest BCUT2D eigenvalue weighted by Gasteiger charge is -2.12. The van der Waals surface area contributed by atoms with Crippen LogP contribution in [0.25, 0.3) is 10.8 Å². The van der Waals surface area contributed by atoms with Gasteiger partial charge in [-0.15, -0.1) is 0 Å². The second-order valence-corrected chi connectivity index (χ2v) is 5.29. The molecule has 0 saturated heterocycles. The fraction of sp³-hybridized carbons (Fsp3) is 0.0909. The van der Waals surface area contributed by atoms with E-state index in [0.717, 1.165) is 5.56 Å². The Morgan fingerprint density at radius 2 is 1.88 bits per heavy atom. The van der Waals surface area contributed by atoms with Gasteiger partial charge < -0.3 is 15.5 Å². The molecule has 0 heterocycles. The summed E-state index contributed by atoms with van der Waals surface area (Å²) in [7, 11) is -4.27. The summed E-state index contributed by atoms with van der Waals surface area (Å²) in [6.07, 6.45) is 0. The van der Waals surface area contributed by atoms with Gasteiger partial charge in [0, 0.05) is 16.5 Å². The molecule has 2 aromatic rings. The smallest absolute Gasteiger partial charge is 0.356 e. The highest BCUT2D eigenvalue weighted by Gasteiger charge is 2.21. The fourth-order valence-corrected chi connectivity index (χ4v) is 2.69. The number of aryl methyl sites for hydroxylation is 1. The minimum atomic E-state index is -4.27. The molecule has 5 heteroatoms. The largest absolute Gasteiger partial charge is 0.398 e. The van der Waals surface area contributed by atoms with E-state index in [-0.39, 0.29) is 5.30 Å². The molecule has 84 valence electrons. The number of rotatable bonds is 1. The van der Waals surface area contributed by atoms with Crippen LogP contribution in [0.5, 0.6) is 0 Å². The SMILES string of the molecule is Cc1cccc2c(N)ccc(P(=O)(O)O)c12. The number of benzene rings is 2. The summed E-state index contributed by atoms with van der Waals surface area (Å²) in [5.74, 6) is 0. The van der Waals surface area contributed by atoms with Crippen LogP contribution in [-0.2, 0) is 4.57 Å². The Morgan fingerprint density at radius 1 is 1.19 bits per heavy atom. The maximum atomic E-state index is 11.4. The predicted octanol–water partition coefficient (Wildman–Crippen LogP) is 1.53. The molecule has 0 fully saturated rings. The number of hydrogen-bond donors (Lipinski definition) is 3. The van der Waals surface area contributed by atoms with Gasteiger partial charge >= 0.3 is 7.60 Å². The molecule has 0 amide bonds. The van der Waals surface area contributed by atoms with Gasteiger partial charge in [0.1, 0.15) is 0 Å². The number of nitrogen functional groups attached to an aromatic ring is 1. The standard InChI is InChI=1S/C11H12NO3P/c1-7-3-2-4-8-9(12)5-6-10(11(7)8)16(13,14)15/h2-6H,12H2,1H3,(H2,13,14,15). The molecular formula is C11H12NO3P. The van der Waals surface area contributed by atoms with Crippen LogP contribution in [-0.4, -0.2) is 9.79 Å². The van der Waals surface area contributed by atoms with Gasteiger partial charge in [-0.3, -0.25) is 4.57 Å². The van der Waals surface area contributed by atoms with Gasteiger partial charge in [-0.2, -0.15) is 0 Å². The van der Waals surface area contributed by atoms with Crippen molar-refractivity contribution >= 4 is 29.4 Å². The molecule has 0 aliphatic carbocycles. The Labute approximate surface area is 92.9 Å². The molecular weight excluding hydrogens is 225 g/mol. The maximum Gasteiger partial charge on any atom is 0.356 e. The summed E-state index contributed by atoms with van der Waals surface area (Å²) in [5, 5.41) is 1.27. The van der Waals surface area contributed by atoms with E-state index in [0.29, 0.717) is 16.5 Å². The van der Waals surface area contributed by atoms with Crippen LogP contribution in [0.3, 0.4) is 0 Å². The van der Waals surface area contributed by atoms with Gasteiger partial charge in [0.05, 0.1) is 5.30 Å². The van der Waals surface area contributed by atoms with E-state index in [1.807, 2.05) is 6.07 Å². The van der Waals surface area contributed by atoms with E-state index in [1.165, 1.54) is 12.1 Å². The van der Waals surface area contributed by atoms with Crippen molar-refractivity contribution in [2.24, 2.45) is 0 Å². The van der Waals surface area contributed by atoms with Crippen LogP contribution in [0.2, 0.25) is 0 Å². The van der Waals surface area contributed by atoms with Gasteiger partial charge in [-0.25, -0.2) is 0 Å². The average Bonchev–Trinajstić information content (AvgIpc) is 2.18. The Balaban J connectivity index is 2.98. The summed E-state index contributed by atoms with van der Waals surface area (Å²) in [6, 6.07) is 8.30. The molecule has 0 bridgehead atoms. The molecule has 16 heavy (non-hydrogen) atoms. The molecule has 2 rings (SSSR count). The second kappa shape index (κ2) is 3.59. The fourth-order valence-electron chi connectivity index (χ4n) is 1.83. The van der Waals surface area contributed by atoms with Crippen LogP contribution in [0.1, 0.15) is 5.56 Å². The quantitative estimate of drug-likeness (QED) is 0.518. The first-order chi connectivity index (χ1) is 7.41. The molecule has 0 unspecified atom stereocenters. The zero-order valence-corrected chi connectivity index (χ0v) is 9.61. The van der Waals surface area contributed by atoms with Crippen LogP contribution in [0.4, 0.5) is 5.69 Å². The third-order valence-corrected chi connectivity index (χ3v) is 3.57. The molecule has 0 aliphatic heterocycles. The van der Waals surface area contributed by atoms with Crippen LogP contribution < -0.4 is 11.0 Å². The lowest BCUT2D eigenvalue weighted by molar-refractivity contribution is 0.388. The molecule has 0 atom stereocenters. The minimum absolute atomic E-state index is 0.0369. The van der Waals surface area contributed by atoms with Crippen molar-refractivity contribution in [2.45, 2.75) is 6.92 Å². The Kier molecular flexibility index (Phi) is 2.50. The van der Waals surface area contributed by atoms with E-state index in [1.54, 1.807) is 19.1 Å². The molecule has 0 spiro atoms. The molecule has 0 radical (unpaired) electrons. The summed E-state index contributed by atoms with van der Waals surface area (Å²) >= 11 is 0. The van der Waals surface area contributed by atoms with E-state index < -0.39 is 7.60 Å². The number of fused-ring (bicyclic) bond motifs is 1. The van der Waals surface area contributed by atoms with E-state index >= 15 is 0 Å². The van der Waals surface area contributed by atoms with Crippen molar-refractivity contribution in [1.29, 1.82) is 0 Å². The first-order valence-corrected chi connectivity index (χ1v) is 6.36. The van der Waals surface area contributed by atoms with Gasteiger partial charge in [-0.1, -0.05) is 18.2 Å². The van der Waals surface area contributed by atoms with Crippen LogP contribution in [0.15, 0.2) is 30.3 Å². The first kappa shape index (κ1) is 11.1. The third kappa shape index (κ3) is 1.71. The Morgan fingerprint density at radius 3 is 2.50 bits per heavy atom. The van der Waals surface area contributed by atoms with Crippen molar-refractivity contribution in [2.75, 3.05) is 5.73 Å². The third-order valence-electron chi connectivity index (χ3n) is 2.57. The topological polar surface area (TPSA) is 83.6 Å². The normalized spacial score (nSPS) is 11.9. The average molecular weight is 237 g/mol. The monoisotopic (exact) mass is 237 g/mol. The summed E-state index contributed by atoms with van der Waals surface area (Å²) in [4.78, 5) is 18.5. The van der Waals surface area contributed by atoms with Gasteiger partial charge in [0.15, 0.2) is 0 Å². The molecule has 0 aromatic heterocycles. The summed E-state index contributed by atoms with van der Waals surface area (Å²) in [6.45, 7) is 1.81. The van der Waals surface area contributed by atoms with Crippen molar-refractivity contribution in [3.05, 3.63) is 35.9 Å². The number of nitrogens with two attached hydrogens (primary N) is 1. The highest BCUT2D eigenvalue weighted by atomic mass is 31.2. The van der Waals surface area contributed by atoms with Crippen molar-refractivity contribution < 1.29 is 14.4 Å². The molecule has 0 saturated carbocycles. The van der Waals surface area contributed by atoms with Gasteiger partial charge in [-0.05, 0) is 24.6 Å². The van der Waals surface area contributed by atoms with Gasteiger partial charge in [0.25, 0.3) is 0 Å².